The predicted octanol–water partition coefficient (Wildman–Crippen LogP) is 2.67. The van der Waals surface area contributed by atoms with Crippen LogP contribution in [0, 0.1) is 6.92 Å². The Morgan fingerprint density at radius 3 is 2.48 bits per heavy atom. The molecular formula is C17H19NO3. The molecule has 0 amide bonds. The molecule has 0 aliphatic heterocycles. The number of ether oxygens (including phenoxy) is 1. The Labute approximate surface area is 124 Å². The highest BCUT2D eigenvalue weighted by molar-refractivity contribution is 5.75. The van der Waals surface area contributed by atoms with Gasteiger partial charge in [-0.1, -0.05) is 29.8 Å². The van der Waals surface area contributed by atoms with E-state index in [9.17, 15) is 9.59 Å². The second-order valence-electron chi connectivity index (χ2n) is 4.96. The normalized spacial score (nSPS) is 10.6. The molecule has 0 saturated heterocycles. The van der Waals surface area contributed by atoms with Crippen LogP contribution in [0.2, 0.25) is 0 Å². The summed E-state index contributed by atoms with van der Waals surface area (Å²) in [6, 6.07) is 11.4. The van der Waals surface area contributed by atoms with Gasteiger partial charge in [-0.25, -0.2) is 0 Å². The molecule has 0 saturated carbocycles. The number of nitrogens with zero attached hydrogens (tertiary/aromatic N) is 1. The van der Waals surface area contributed by atoms with Crippen molar-refractivity contribution in [1.82, 2.24) is 4.57 Å². The smallest absolute Gasteiger partial charge is 0.261 e. The lowest BCUT2D eigenvalue weighted by molar-refractivity contribution is 0.112. The van der Waals surface area contributed by atoms with Crippen LogP contribution in [0.15, 0.2) is 41.2 Å². The van der Waals surface area contributed by atoms with E-state index in [1.807, 2.05) is 37.3 Å². The third-order valence-electron chi connectivity index (χ3n) is 3.41. The second kappa shape index (κ2) is 6.99. The summed E-state index contributed by atoms with van der Waals surface area (Å²) in [6.07, 6.45) is 1.33. The molecule has 2 aromatic rings. The highest BCUT2D eigenvalue weighted by atomic mass is 16.5. The maximum Gasteiger partial charge on any atom is 0.261 e. The van der Waals surface area contributed by atoms with Gasteiger partial charge >= 0.3 is 0 Å². The van der Waals surface area contributed by atoms with E-state index in [0.29, 0.717) is 19.4 Å². The maximum absolute atomic E-state index is 12.3. The van der Waals surface area contributed by atoms with Gasteiger partial charge in [-0.15, -0.1) is 0 Å². The van der Waals surface area contributed by atoms with E-state index in [0.717, 1.165) is 23.2 Å². The standard InChI is InChI=1S/C17H19NO3/c1-13-4-6-14(7-5-13)16-9-8-15(12-19)17(20)18(16)10-3-11-21-2/h4-9,12H,3,10-11H2,1-2H3. The van der Waals surface area contributed by atoms with Gasteiger partial charge in [-0.3, -0.25) is 9.59 Å². The van der Waals surface area contributed by atoms with Crippen LogP contribution in [-0.4, -0.2) is 24.6 Å². The van der Waals surface area contributed by atoms with Gasteiger partial charge in [0.2, 0.25) is 0 Å². The minimum Gasteiger partial charge on any atom is -0.385 e. The number of pyridine rings is 1. The molecule has 21 heavy (non-hydrogen) atoms. The first kappa shape index (κ1) is 15.2. The molecule has 2 rings (SSSR count). The highest BCUT2D eigenvalue weighted by Crippen LogP contribution is 2.19. The summed E-state index contributed by atoms with van der Waals surface area (Å²) < 4.78 is 6.68. The van der Waals surface area contributed by atoms with Crippen LogP contribution < -0.4 is 5.56 Å². The lowest BCUT2D eigenvalue weighted by Gasteiger charge is -2.14. The van der Waals surface area contributed by atoms with Crippen LogP contribution in [0.25, 0.3) is 11.3 Å². The van der Waals surface area contributed by atoms with Crippen molar-refractivity contribution >= 4 is 6.29 Å². The largest absolute Gasteiger partial charge is 0.385 e. The molecule has 1 aromatic carbocycles. The molecule has 0 aliphatic carbocycles. The van der Waals surface area contributed by atoms with Crippen LogP contribution in [-0.2, 0) is 11.3 Å². The van der Waals surface area contributed by atoms with E-state index in [1.165, 1.54) is 0 Å². The van der Waals surface area contributed by atoms with Crippen molar-refractivity contribution in [2.24, 2.45) is 0 Å². The molecule has 4 nitrogen and oxygen atoms in total. The number of methoxy groups -OCH3 is 1. The van der Waals surface area contributed by atoms with Gasteiger partial charge < -0.3 is 9.30 Å². The molecule has 0 atom stereocenters. The monoisotopic (exact) mass is 285 g/mol. The van der Waals surface area contributed by atoms with Crippen LogP contribution in [0.4, 0.5) is 0 Å². The van der Waals surface area contributed by atoms with Crippen molar-refractivity contribution in [3.8, 4) is 11.3 Å². The Morgan fingerprint density at radius 2 is 1.86 bits per heavy atom. The zero-order valence-corrected chi connectivity index (χ0v) is 12.3. The van der Waals surface area contributed by atoms with Crippen molar-refractivity contribution in [3.63, 3.8) is 0 Å². The molecule has 0 unspecified atom stereocenters. The Balaban J connectivity index is 2.48. The fourth-order valence-corrected chi connectivity index (χ4v) is 2.25. The summed E-state index contributed by atoms with van der Waals surface area (Å²) in [6.45, 7) is 3.12. The van der Waals surface area contributed by atoms with Gasteiger partial charge in [0.15, 0.2) is 6.29 Å². The number of aryl methyl sites for hydroxylation is 1. The van der Waals surface area contributed by atoms with Crippen molar-refractivity contribution in [3.05, 3.63) is 57.9 Å². The Bertz CT molecular complexity index is 671. The third kappa shape index (κ3) is 3.47. The summed E-state index contributed by atoms with van der Waals surface area (Å²) in [5.74, 6) is 0. The number of aromatic nitrogens is 1. The predicted molar refractivity (Wildman–Crippen MR) is 82.8 cm³/mol. The summed E-state index contributed by atoms with van der Waals surface area (Å²) in [5, 5.41) is 0. The van der Waals surface area contributed by atoms with E-state index < -0.39 is 0 Å². The Kier molecular flexibility index (Phi) is 5.06. The van der Waals surface area contributed by atoms with Crippen LogP contribution in [0.1, 0.15) is 22.3 Å². The van der Waals surface area contributed by atoms with Crippen LogP contribution in [0.3, 0.4) is 0 Å². The minimum atomic E-state index is -0.251. The van der Waals surface area contributed by atoms with Crippen LogP contribution in [0.5, 0.6) is 0 Å². The van der Waals surface area contributed by atoms with E-state index in [2.05, 4.69) is 0 Å². The minimum absolute atomic E-state index is 0.184. The van der Waals surface area contributed by atoms with Crippen LogP contribution >= 0.6 is 0 Å². The zero-order chi connectivity index (χ0) is 15.2. The van der Waals surface area contributed by atoms with Crippen molar-refractivity contribution in [2.45, 2.75) is 19.9 Å². The fourth-order valence-electron chi connectivity index (χ4n) is 2.25. The van der Waals surface area contributed by atoms with Gasteiger partial charge in [0.05, 0.1) is 11.3 Å². The number of carbonyl (C=O) groups is 1. The van der Waals surface area contributed by atoms with Gasteiger partial charge in [0, 0.05) is 20.3 Å². The molecular weight excluding hydrogens is 266 g/mol. The summed E-state index contributed by atoms with van der Waals surface area (Å²) >= 11 is 0. The number of rotatable bonds is 6. The quantitative estimate of drug-likeness (QED) is 0.605. The molecule has 0 spiro atoms. The maximum atomic E-state index is 12.3. The summed E-state index contributed by atoms with van der Waals surface area (Å²) in [4.78, 5) is 23.3. The topological polar surface area (TPSA) is 48.3 Å². The zero-order valence-electron chi connectivity index (χ0n) is 12.3. The first-order chi connectivity index (χ1) is 10.2. The Morgan fingerprint density at radius 1 is 1.14 bits per heavy atom. The second-order valence-corrected chi connectivity index (χ2v) is 4.96. The molecule has 0 radical (unpaired) electrons. The molecule has 0 aliphatic rings. The average Bonchev–Trinajstić information content (AvgIpc) is 2.50. The molecule has 0 fully saturated rings. The van der Waals surface area contributed by atoms with E-state index in [-0.39, 0.29) is 11.1 Å². The summed E-state index contributed by atoms with van der Waals surface area (Å²) in [7, 11) is 1.63. The number of hydrogen-bond acceptors (Lipinski definition) is 3. The molecule has 1 aromatic heterocycles. The van der Waals surface area contributed by atoms with Gasteiger partial charge in [-0.2, -0.15) is 0 Å². The number of aldehydes is 1. The first-order valence-electron chi connectivity index (χ1n) is 6.92. The van der Waals surface area contributed by atoms with Gasteiger partial charge in [-0.05, 0) is 31.0 Å². The molecule has 4 heteroatoms. The van der Waals surface area contributed by atoms with E-state index >= 15 is 0 Å². The lowest BCUT2D eigenvalue weighted by atomic mass is 10.1. The first-order valence-corrected chi connectivity index (χ1v) is 6.92. The fraction of sp³-hybridized carbons (Fsp3) is 0.294. The van der Waals surface area contributed by atoms with Gasteiger partial charge in [0.25, 0.3) is 5.56 Å². The van der Waals surface area contributed by atoms with Crippen molar-refractivity contribution < 1.29 is 9.53 Å². The molecule has 0 N–H and O–H groups in total. The Hall–Kier alpha value is -2.20. The van der Waals surface area contributed by atoms with Crippen molar-refractivity contribution in [1.29, 1.82) is 0 Å². The molecule has 110 valence electrons. The SMILES string of the molecule is COCCCn1c(-c2ccc(C)cc2)ccc(C=O)c1=O. The number of hydrogen-bond donors (Lipinski definition) is 0. The van der Waals surface area contributed by atoms with E-state index in [1.54, 1.807) is 17.7 Å². The molecule has 1 heterocycles. The number of benzene rings is 1. The lowest BCUT2D eigenvalue weighted by Crippen LogP contribution is -2.25. The summed E-state index contributed by atoms with van der Waals surface area (Å²) in [5.41, 5.74) is 2.88. The molecule has 0 bridgehead atoms. The average molecular weight is 285 g/mol. The van der Waals surface area contributed by atoms with Gasteiger partial charge in [0.1, 0.15) is 0 Å². The van der Waals surface area contributed by atoms with E-state index in [4.69, 9.17) is 4.74 Å². The highest BCUT2D eigenvalue weighted by Gasteiger charge is 2.10. The third-order valence-corrected chi connectivity index (χ3v) is 3.41. The van der Waals surface area contributed by atoms with Crippen molar-refractivity contribution in [2.75, 3.05) is 13.7 Å². The number of carbonyl (C=O) groups excluding carboxylic acids is 1.